The zero-order chi connectivity index (χ0) is 17.9. The van der Waals surface area contributed by atoms with Crippen LogP contribution in [0.4, 0.5) is 0 Å². The number of hydrogen-bond donors (Lipinski definition) is 0. The van der Waals surface area contributed by atoms with Gasteiger partial charge in [0.05, 0.1) is 11.9 Å². The molecule has 128 valence electrons. The average Bonchev–Trinajstić information content (AvgIpc) is 3.10. The van der Waals surface area contributed by atoms with Crippen LogP contribution in [-0.4, -0.2) is 19.3 Å². The van der Waals surface area contributed by atoms with Crippen molar-refractivity contribution in [1.82, 2.24) is 19.3 Å². The van der Waals surface area contributed by atoms with Crippen molar-refractivity contribution in [2.75, 3.05) is 0 Å². The molecule has 0 unspecified atom stereocenters. The van der Waals surface area contributed by atoms with Gasteiger partial charge in [-0.3, -0.25) is 9.36 Å². The number of benzene rings is 2. The second-order valence-electron chi connectivity index (χ2n) is 5.79. The van der Waals surface area contributed by atoms with E-state index in [1.165, 1.54) is 0 Å². The molecule has 0 N–H and O–H groups in total. The van der Waals surface area contributed by atoms with E-state index in [9.17, 15) is 4.79 Å². The maximum atomic E-state index is 12.7. The van der Waals surface area contributed by atoms with Crippen LogP contribution in [0.15, 0.2) is 78.0 Å². The number of halogens is 1. The monoisotopic (exact) mass is 362 g/mol. The molecule has 2 aromatic heterocycles. The third-order valence-electron chi connectivity index (χ3n) is 4.04. The fraction of sp³-hybridized carbons (Fsp3) is 0.0500. The molecular formula is C20H15ClN4O. The lowest BCUT2D eigenvalue weighted by Gasteiger charge is -2.04. The summed E-state index contributed by atoms with van der Waals surface area (Å²) in [4.78, 5) is 17.1. The zero-order valence-corrected chi connectivity index (χ0v) is 14.5. The van der Waals surface area contributed by atoms with Gasteiger partial charge in [-0.25, -0.2) is 9.67 Å². The Balaban J connectivity index is 1.65. The van der Waals surface area contributed by atoms with Gasteiger partial charge in [0.25, 0.3) is 5.56 Å². The van der Waals surface area contributed by atoms with Gasteiger partial charge in [0.15, 0.2) is 5.65 Å². The third kappa shape index (κ3) is 3.17. The highest BCUT2D eigenvalue weighted by molar-refractivity contribution is 6.30. The van der Waals surface area contributed by atoms with Crippen LogP contribution in [-0.2, 0) is 6.54 Å². The lowest BCUT2D eigenvalue weighted by molar-refractivity contribution is 0.765. The predicted octanol–water partition coefficient (Wildman–Crippen LogP) is 3.95. The first-order valence-electron chi connectivity index (χ1n) is 8.13. The van der Waals surface area contributed by atoms with Crippen LogP contribution in [0.3, 0.4) is 0 Å². The molecule has 2 aromatic carbocycles. The molecule has 0 aliphatic carbocycles. The highest BCUT2D eigenvalue weighted by Gasteiger charge is 2.10. The molecule has 2 heterocycles. The Hall–Kier alpha value is -3.18. The normalized spacial score (nSPS) is 11.4. The zero-order valence-electron chi connectivity index (χ0n) is 13.8. The molecule has 0 saturated heterocycles. The molecule has 0 saturated carbocycles. The molecule has 6 heteroatoms. The van der Waals surface area contributed by atoms with Crippen molar-refractivity contribution in [3.8, 4) is 5.69 Å². The molecule has 0 aliphatic heterocycles. The van der Waals surface area contributed by atoms with Crippen LogP contribution in [0.25, 0.3) is 22.8 Å². The minimum atomic E-state index is -0.118. The van der Waals surface area contributed by atoms with Crippen molar-refractivity contribution in [3.05, 3.63) is 94.1 Å². The summed E-state index contributed by atoms with van der Waals surface area (Å²) in [5, 5.41) is 5.43. The van der Waals surface area contributed by atoms with Crippen molar-refractivity contribution < 1.29 is 0 Å². The van der Waals surface area contributed by atoms with E-state index in [4.69, 9.17) is 11.6 Å². The van der Waals surface area contributed by atoms with Crippen molar-refractivity contribution in [2.45, 2.75) is 6.54 Å². The summed E-state index contributed by atoms with van der Waals surface area (Å²) in [6.07, 6.45) is 7.02. The van der Waals surface area contributed by atoms with Gasteiger partial charge >= 0.3 is 0 Å². The Morgan fingerprint density at radius 3 is 2.58 bits per heavy atom. The number of hydrogen-bond acceptors (Lipinski definition) is 3. The maximum absolute atomic E-state index is 12.7. The molecule has 0 radical (unpaired) electrons. The van der Waals surface area contributed by atoms with Crippen molar-refractivity contribution in [3.63, 3.8) is 0 Å². The predicted molar refractivity (Wildman–Crippen MR) is 104 cm³/mol. The van der Waals surface area contributed by atoms with E-state index in [0.717, 1.165) is 11.3 Å². The van der Waals surface area contributed by atoms with Gasteiger partial charge in [-0.15, -0.1) is 0 Å². The minimum Gasteiger partial charge on any atom is -0.295 e. The molecule has 0 atom stereocenters. The quantitative estimate of drug-likeness (QED) is 0.552. The molecule has 4 rings (SSSR count). The first-order valence-corrected chi connectivity index (χ1v) is 8.51. The molecule has 0 spiro atoms. The van der Waals surface area contributed by atoms with Crippen LogP contribution in [0.2, 0.25) is 5.02 Å². The molecule has 0 bridgehead atoms. The summed E-state index contributed by atoms with van der Waals surface area (Å²) in [7, 11) is 0. The van der Waals surface area contributed by atoms with Crippen molar-refractivity contribution in [1.29, 1.82) is 0 Å². The fourth-order valence-electron chi connectivity index (χ4n) is 2.72. The number of rotatable bonds is 4. The van der Waals surface area contributed by atoms with Gasteiger partial charge in [-0.2, -0.15) is 5.10 Å². The Labute approximate surface area is 154 Å². The summed E-state index contributed by atoms with van der Waals surface area (Å²) in [5.41, 5.74) is 2.30. The lowest BCUT2D eigenvalue weighted by Crippen LogP contribution is -2.19. The SMILES string of the molecule is O=c1c2cnn(-c3ccc(Cl)cc3)c2ncn1CC=Cc1ccccc1. The summed E-state index contributed by atoms with van der Waals surface area (Å²) >= 11 is 5.93. The van der Waals surface area contributed by atoms with Crippen molar-refractivity contribution >= 4 is 28.7 Å². The average molecular weight is 363 g/mol. The standard InChI is InChI=1S/C20H15ClN4O/c21-16-8-10-17(11-9-16)25-19-18(13-23-25)20(26)24(14-22-19)12-4-7-15-5-2-1-3-6-15/h1-11,13-14H,12H2. The van der Waals surface area contributed by atoms with Crippen LogP contribution < -0.4 is 5.56 Å². The number of allylic oxidation sites excluding steroid dienone is 1. The number of aromatic nitrogens is 4. The molecule has 0 amide bonds. The third-order valence-corrected chi connectivity index (χ3v) is 4.29. The molecule has 0 fully saturated rings. The molecule has 26 heavy (non-hydrogen) atoms. The van der Waals surface area contributed by atoms with Crippen LogP contribution in [0, 0.1) is 0 Å². The topological polar surface area (TPSA) is 52.7 Å². The van der Waals surface area contributed by atoms with Crippen LogP contribution in [0.5, 0.6) is 0 Å². The van der Waals surface area contributed by atoms with Crippen LogP contribution >= 0.6 is 11.6 Å². The highest BCUT2D eigenvalue weighted by Crippen LogP contribution is 2.16. The minimum absolute atomic E-state index is 0.118. The Kier molecular flexibility index (Phi) is 4.37. The van der Waals surface area contributed by atoms with Gasteiger partial charge in [0.1, 0.15) is 11.7 Å². The van der Waals surface area contributed by atoms with E-state index in [2.05, 4.69) is 10.1 Å². The fourth-order valence-corrected chi connectivity index (χ4v) is 2.84. The lowest BCUT2D eigenvalue weighted by atomic mass is 10.2. The number of fused-ring (bicyclic) bond motifs is 1. The van der Waals surface area contributed by atoms with E-state index in [1.807, 2.05) is 54.6 Å². The maximum Gasteiger partial charge on any atom is 0.264 e. The van der Waals surface area contributed by atoms with E-state index >= 15 is 0 Å². The van der Waals surface area contributed by atoms with Crippen LogP contribution in [0.1, 0.15) is 5.56 Å². The molecule has 4 aromatic rings. The van der Waals surface area contributed by atoms with Gasteiger partial charge in [-0.05, 0) is 29.8 Å². The first-order chi connectivity index (χ1) is 12.7. The van der Waals surface area contributed by atoms with Gasteiger partial charge in [-0.1, -0.05) is 54.1 Å². The summed E-state index contributed by atoms with van der Waals surface area (Å²) in [5.74, 6) is 0. The van der Waals surface area contributed by atoms with Gasteiger partial charge in [0.2, 0.25) is 0 Å². The largest absolute Gasteiger partial charge is 0.295 e. The first kappa shape index (κ1) is 16.3. The summed E-state index contributed by atoms with van der Waals surface area (Å²) in [6, 6.07) is 17.2. The summed E-state index contributed by atoms with van der Waals surface area (Å²) < 4.78 is 3.20. The summed E-state index contributed by atoms with van der Waals surface area (Å²) in [6.45, 7) is 0.447. The molecular weight excluding hydrogens is 348 g/mol. The van der Waals surface area contributed by atoms with E-state index < -0.39 is 0 Å². The Morgan fingerprint density at radius 2 is 1.81 bits per heavy atom. The van der Waals surface area contributed by atoms with E-state index in [-0.39, 0.29) is 5.56 Å². The van der Waals surface area contributed by atoms with E-state index in [1.54, 1.807) is 33.9 Å². The Bertz CT molecular complexity index is 1130. The highest BCUT2D eigenvalue weighted by atomic mass is 35.5. The smallest absolute Gasteiger partial charge is 0.264 e. The van der Waals surface area contributed by atoms with Gasteiger partial charge < -0.3 is 0 Å². The molecule has 5 nitrogen and oxygen atoms in total. The van der Waals surface area contributed by atoms with Gasteiger partial charge in [0, 0.05) is 11.6 Å². The van der Waals surface area contributed by atoms with Crippen molar-refractivity contribution in [2.24, 2.45) is 0 Å². The second-order valence-corrected chi connectivity index (χ2v) is 6.22. The molecule has 0 aliphatic rings. The second kappa shape index (κ2) is 6.98. The van der Waals surface area contributed by atoms with E-state index in [0.29, 0.717) is 22.6 Å². The Morgan fingerprint density at radius 1 is 1.04 bits per heavy atom. The number of nitrogens with zero attached hydrogens (tertiary/aromatic N) is 4.